The van der Waals surface area contributed by atoms with Gasteiger partial charge in [-0.1, -0.05) is 12.1 Å². The fourth-order valence-electron chi connectivity index (χ4n) is 2.26. The van der Waals surface area contributed by atoms with Crippen LogP contribution in [0.25, 0.3) is 11.3 Å². The number of carboxylic acid groups (broad SMARTS) is 1. The predicted molar refractivity (Wildman–Crippen MR) is 91.5 cm³/mol. The zero-order valence-electron chi connectivity index (χ0n) is 14.3. The summed E-state index contributed by atoms with van der Waals surface area (Å²) in [5.41, 5.74) is -0.489. The Balaban J connectivity index is 1.81. The quantitative estimate of drug-likeness (QED) is 0.764. The second kappa shape index (κ2) is 7.96. The minimum Gasteiger partial charge on any atom is -0.481 e. The molecule has 0 atom stereocenters. The molecule has 5 nitrogen and oxygen atoms in total. The summed E-state index contributed by atoms with van der Waals surface area (Å²) in [5, 5.41) is 11.7. The SMILES string of the molecule is CC(C)(CCNC(=O)CCc1ccc(-c2ccccc2F)o1)C(=O)O. The highest BCUT2D eigenvalue weighted by Gasteiger charge is 2.26. The number of benzene rings is 1. The second-order valence-electron chi connectivity index (χ2n) is 6.53. The molecule has 0 unspecified atom stereocenters. The summed E-state index contributed by atoms with van der Waals surface area (Å²) in [6, 6.07) is 9.74. The van der Waals surface area contributed by atoms with E-state index in [0.29, 0.717) is 36.5 Å². The molecule has 1 amide bonds. The second-order valence-corrected chi connectivity index (χ2v) is 6.53. The van der Waals surface area contributed by atoms with E-state index in [0.717, 1.165) is 0 Å². The number of hydrogen-bond donors (Lipinski definition) is 2. The monoisotopic (exact) mass is 347 g/mol. The van der Waals surface area contributed by atoms with Crippen molar-refractivity contribution in [1.82, 2.24) is 5.32 Å². The Morgan fingerprint density at radius 1 is 1.20 bits per heavy atom. The van der Waals surface area contributed by atoms with E-state index in [1.165, 1.54) is 6.07 Å². The average Bonchev–Trinajstić information content (AvgIpc) is 3.02. The van der Waals surface area contributed by atoms with Gasteiger partial charge in [0.25, 0.3) is 0 Å². The van der Waals surface area contributed by atoms with Crippen LogP contribution in [0.1, 0.15) is 32.4 Å². The summed E-state index contributed by atoms with van der Waals surface area (Å²) in [6.45, 7) is 3.54. The number of carboxylic acids is 1. The van der Waals surface area contributed by atoms with Gasteiger partial charge in [-0.15, -0.1) is 0 Å². The molecule has 0 radical (unpaired) electrons. The molecule has 2 N–H and O–H groups in total. The first-order valence-corrected chi connectivity index (χ1v) is 8.13. The molecule has 1 aromatic carbocycles. The lowest BCUT2D eigenvalue weighted by molar-refractivity contribution is -0.147. The molecule has 2 aromatic rings. The van der Waals surface area contributed by atoms with E-state index in [-0.39, 0.29) is 18.1 Å². The van der Waals surface area contributed by atoms with Gasteiger partial charge < -0.3 is 14.8 Å². The van der Waals surface area contributed by atoms with E-state index >= 15 is 0 Å². The first-order chi connectivity index (χ1) is 11.8. The van der Waals surface area contributed by atoms with Crippen molar-refractivity contribution in [3.05, 3.63) is 48.0 Å². The molecule has 0 aliphatic carbocycles. The molecule has 2 rings (SSSR count). The number of amides is 1. The van der Waals surface area contributed by atoms with Gasteiger partial charge in [0.15, 0.2) is 0 Å². The van der Waals surface area contributed by atoms with E-state index < -0.39 is 11.4 Å². The minimum absolute atomic E-state index is 0.176. The van der Waals surface area contributed by atoms with Gasteiger partial charge in [-0.2, -0.15) is 0 Å². The molecule has 0 bridgehead atoms. The smallest absolute Gasteiger partial charge is 0.309 e. The molecular weight excluding hydrogens is 325 g/mol. The molecule has 134 valence electrons. The van der Waals surface area contributed by atoms with Crippen LogP contribution in [-0.2, 0) is 16.0 Å². The van der Waals surface area contributed by atoms with Crippen LogP contribution in [0, 0.1) is 11.2 Å². The Bertz CT molecular complexity index is 751. The third kappa shape index (κ3) is 5.17. The van der Waals surface area contributed by atoms with E-state index in [1.807, 2.05) is 0 Å². The number of nitrogens with one attached hydrogen (secondary N) is 1. The van der Waals surface area contributed by atoms with Gasteiger partial charge >= 0.3 is 5.97 Å². The number of carbonyl (C=O) groups is 2. The van der Waals surface area contributed by atoms with Crippen LogP contribution in [0.4, 0.5) is 4.39 Å². The molecule has 0 saturated carbocycles. The molecule has 1 aromatic heterocycles. The van der Waals surface area contributed by atoms with E-state index in [4.69, 9.17) is 9.52 Å². The highest BCUT2D eigenvalue weighted by atomic mass is 19.1. The summed E-state index contributed by atoms with van der Waals surface area (Å²) in [6.07, 6.45) is 0.965. The topological polar surface area (TPSA) is 79.5 Å². The number of furan rings is 1. The number of aliphatic carboxylic acids is 1. The van der Waals surface area contributed by atoms with Crippen LogP contribution in [-0.4, -0.2) is 23.5 Å². The Hall–Kier alpha value is -2.63. The number of aryl methyl sites for hydroxylation is 1. The van der Waals surface area contributed by atoms with Gasteiger partial charge in [0, 0.05) is 19.4 Å². The zero-order valence-corrected chi connectivity index (χ0v) is 14.3. The molecule has 0 fully saturated rings. The van der Waals surface area contributed by atoms with Crippen molar-refractivity contribution in [3.63, 3.8) is 0 Å². The summed E-state index contributed by atoms with van der Waals surface area (Å²) < 4.78 is 19.3. The third-order valence-corrected chi connectivity index (χ3v) is 4.05. The average molecular weight is 347 g/mol. The summed E-state index contributed by atoms with van der Waals surface area (Å²) in [5.74, 6) is -0.402. The Morgan fingerprint density at radius 3 is 2.60 bits per heavy atom. The standard InChI is InChI=1S/C19H22FNO4/c1-19(2,18(23)24)11-12-21-17(22)10-8-13-7-9-16(25-13)14-5-3-4-6-15(14)20/h3-7,9H,8,10-12H2,1-2H3,(H,21,22)(H,23,24). The van der Waals surface area contributed by atoms with Gasteiger partial charge in [0.1, 0.15) is 17.3 Å². The van der Waals surface area contributed by atoms with Crippen LogP contribution >= 0.6 is 0 Å². The predicted octanol–water partition coefficient (Wildman–Crippen LogP) is 3.64. The lowest BCUT2D eigenvalue weighted by atomic mass is 9.90. The maximum atomic E-state index is 13.7. The molecule has 0 spiro atoms. The molecule has 0 aliphatic heterocycles. The number of hydrogen-bond acceptors (Lipinski definition) is 3. The van der Waals surface area contributed by atoms with Gasteiger partial charge in [-0.25, -0.2) is 4.39 Å². The fourth-order valence-corrected chi connectivity index (χ4v) is 2.26. The van der Waals surface area contributed by atoms with Gasteiger partial charge in [-0.05, 0) is 44.5 Å². The van der Waals surface area contributed by atoms with Crippen molar-refractivity contribution in [2.75, 3.05) is 6.54 Å². The summed E-state index contributed by atoms with van der Waals surface area (Å²) >= 11 is 0. The molecule has 1 heterocycles. The first-order valence-electron chi connectivity index (χ1n) is 8.13. The van der Waals surface area contributed by atoms with E-state index in [2.05, 4.69) is 5.32 Å². The molecular formula is C19H22FNO4. The van der Waals surface area contributed by atoms with Crippen molar-refractivity contribution in [1.29, 1.82) is 0 Å². The van der Waals surface area contributed by atoms with E-state index in [1.54, 1.807) is 44.2 Å². The summed E-state index contributed by atoms with van der Waals surface area (Å²) in [4.78, 5) is 22.8. The molecule has 25 heavy (non-hydrogen) atoms. The van der Waals surface area contributed by atoms with Crippen LogP contribution < -0.4 is 5.32 Å². The minimum atomic E-state index is -0.891. The van der Waals surface area contributed by atoms with Gasteiger partial charge in [0.05, 0.1) is 11.0 Å². The highest BCUT2D eigenvalue weighted by Crippen LogP contribution is 2.25. The van der Waals surface area contributed by atoms with Crippen LogP contribution in [0.5, 0.6) is 0 Å². The van der Waals surface area contributed by atoms with Crippen LogP contribution in [0.2, 0.25) is 0 Å². The number of rotatable bonds is 8. The molecule has 6 heteroatoms. The summed E-state index contributed by atoms with van der Waals surface area (Å²) in [7, 11) is 0. The van der Waals surface area contributed by atoms with Crippen molar-refractivity contribution < 1.29 is 23.5 Å². The molecule has 0 saturated heterocycles. The van der Waals surface area contributed by atoms with Crippen molar-refractivity contribution in [3.8, 4) is 11.3 Å². The maximum Gasteiger partial charge on any atom is 0.309 e. The fraction of sp³-hybridized carbons (Fsp3) is 0.368. The van der Waals surface area contributed by atoms with E-state index in [9.17, 15) is 14.0 Å². The third-order valence-electron chi connectivity index (χ3n) is 4.05. The maximum absolute atomic E-state index is 13.7. The first kappa shape index (κ1) is 18.7. The van der Waals surface area contributed by atoms with Crippen molar-refractivity contribution in [2.45, 2.75) is 33.1 Å². The lowest BCUT2D eigenvalue weighted by Gasteiger charge is -2.18. The Kier molecular flexibility index (Phi) is 5.96. The van der Waals surface area contributed by atoms with Gasteiger partial charge in [0.2, 0.25) is 5.91 Å². The zero-order chi connectivity index (χ0) is 18.4. The highest BCUT2D eigenvalue weighted by molar-refractivity contribution is 5.76. The number of carbonyl (C=O) groups excluding carboxylic acids is 1. The molecule has 0 aliphatic rings. The largest absolute Gasteiger partial charge is 0.481 e. The van der Waals surface area contributed by atoms with Crippen molar-refractivity contribution >= 4 is 11.9 Å². The lowest BCUT2D eigenvalue weighted by Crippen LogP contribution is -2.32. The van der Waals surface area contributed by atoms with Crippen LogP contribution in [0.3, 0.4) is 0 Å². The van der Waals surface area contributed by atoms with Crippen LogP contribution in [0.15, 0.2) is 40.8 Å². The Labute approximate surface area is 145 Å². The van der Waals surface area contributed by atoms with Gasteiger partial charge in [-0.3, -0.25) is 9.59 Å². The normalized spacial score (nSPS) is 11.3. The number of halogens is 1. The Morgan fingerprint density at radius 2 is 1.92 bits per heavy atom. The van der Waals surface area contributed by atoms with Crippen molar-refractivity contribution in [2.24, 2.45) is 5.41 Å².